The number of likely N-dealkylation sites (tertiary alicyclic amines) is 1. The number of hydrogen-bond donors (Lipinski definition) is 0. The molecule has 40 heavy (non-hydrogen) atoms. The third kappa shape index (κ3) is 4.76. The van der Waals surface area contributed by atoms with E-state index in [1.54, 1.807) is 18.6 Å². The zero-order valence-corrected chi connectivity index (χ0v) is 23.1. The van der Waals surface area contributed by atoms with E-state index >= 15 is 0 Å². The lowest BCUT2D eigenvalue weighted by Gasteiger charge is -2.36. The fraction of sp³-hybridized carbons (Fsp3) is 0.500. The number of aryl methyl sites for hydroxylation is 1. The van der Waals surface area contributed by atoms with Crippen molar-refractivity contribution < 1.29 is 13.2 Å². The van der Waals surface area contributed by atoms with E-state index in [1.165, 1.54) is 21.2 Å². The lowest BCUT2D eigenvalue weighted by molar-refractivity contribution is -0.136. The minimum Gasteiger partial charge on any atom is -0.320 e. The monoisotopic (exact) mass is 552 g/mol. The molecule has 1 aliphatic carbocycles. The Morgan fingerprint density at radius 2 is 1.85 bits per heavy atom. The van der Waals surface area contributed by atoms with Crippen molar-refractivity contribution in [3.63, 3.8) is 0 Å². The number of halogens is 3. The van der Waals surface area contributed by atoms with E-state index in [2.05, 4.69) is 22.0 Å². The maximum Gasteiger partial charge on any atom is 0.418 e. The Morgan fingerprint density at radius 3 is 2.50 bits per heavy atom. The van der Waals surface area contributed by atoms with Crippen LogP contribution in [-0.2, 0) is 13.2 Å². The molecule has 10 heteroatoms. The zero-order valence-electron chi connectivity index (χ0n) is 23.1. The van der Waals surface area contributed by atoms with E-state index in [4.69, 9.17) is 0 Å². The van der Waals surface area contributed by atoms with Crippen LogP contribution >= 0.6 is 0 Å². The van der Waals surface area contributed by atoms with Crippen LogP contribution in [0.5, 0.6) is 0 Å². The van der Waals surface area contributed by atoms with Gasteiger partial charge in [0.2, 0.25) is 0 Å². The van der Waals surface area contributed by atoms with E-state index in [9.17, 15) is 18.0 Å². The molecular formula is C30H35F3N6O. The second-order valence-electron chi connectivity index (χ2n) is 11.7. The molecule has 0 bridgehead atoms. The summed E-state index contributed by atoms with van der Waals surface area (Å²) in [6, 6.07) is 8.52. The summed E-state index contributed by atoms with van der Waals surface area (Å²) in [7, 11) is 1.91. The molecule has 3 aromatic heterocycles. The fourth-order valence-corrected chi connectivity index (χ4v) is 6.49. The quantitative estimate of drug-likeness (QED) is 0.296. The van der Waals surface area contributed by atoms with Gasteiger partial charge in [0, 0.05) is 37.9 Å². The molecule has 1 aromatic carbocycles. The predicted octanol–water partition coefficient (Wildman–Crippen LogP) is 5.96. The molecule has 0 radical (unpaired) electrons. The Labute approximate surface area is 231 Å². The van der Waals surface area contributed by atoms with E-state index in [0.29, 0.717) is 23.1 Å². The summed E-state index contributed by atoms with van der Waals surface area (Å²) >= 11 is 0. The summed E-state index contributed by atoms with van der Waals surface area (Å²) in [5.74, 6) is 1.74. The molecule has 3 atom stereocenters. The van der Waals surface area contributed by atoms with Gasteiger partial charge in [-0.25, -0.2) is 4.79 Å². The van der Waals surface area contributed by atoms with Crippen molar-refractivity contribution in [2.24, 2.45) is 18.9 Å². The molecular weight excluding hydrogens is 517 g/mol. The molecule has 4 aromatic rings. The van der Waals surface area contributed by atoms with Gasteiger partial charge in [0.1, 0.15) is 12.2 Å². The maximum absolute atomic E-state index is 14.4. The van der Waals surface area contributed by atoms with Gasteiger partial charge in [0.05, 0.1) is 16.8 Å². The summed E-state index contributed by atoms with van der Waals surface area (Å²) in [5.41, 5.74) is 0.553. The molecule has 1 saturated carbocycles. The molecule has 7 nitrogen and oxygen atoms in total. The Hall–Kier alpha value is -3.40. The van der Waals surface area contributed by atoms with Crippen LogP contribution in [0.4, 0.5) is 13.2 Å². The number of alkyl halides is 3. The zero-order chi connectivity index (χ0) is 28.2. The van der Waals surface area contributed by atoms with Gasteiger partial charge >= 0.3 is 11.9 Å². The topological polar surface area (TPSA) is 60.4 Å². The minimum atomic E-state index is -4.60. The van der Waals surface area contributed by atoms with Crippen molar-refractivity contribution >= 4 is 5.52 Å². The van der Waals surface area contributed by atoms with Crippen LogP contribution in [0.3, 0.4) is 0 Å². The molecule has 0 amide bonds. The van der Waals surface area contributed by atoms with Crippen molar-refractivity contribution in [1.29, 1.82) is 0 Å². The van der Waals surface area contributed by atoms with Crippen LogP contribution in [0.1, 0.15) is 80.4 Å². The lowest BCUT2D eigenvalue weighted by Crippen LogP contribution is -2.36. The van der Waals surface area contributed by atoms with Crippen LogP contribution < -0.4 is 5.69 Å². The third-order valence-corrected chi connectivity index (χ3v) is 8.97. The number of rotatable bonds is 6. The average molecular weight is 553 g/mol. The van der Waals surface area contributed by atoms with Crippen LogP contribution in [0.25, 0.3) is 11.2 Å². The van der Waals surface area contributed by atoms with Gasteiger partial charge in [-0.2, -0.15) is 13.2 Å². The SMILES string of the molecule is CC(c1cc(C(F)(F)F)c2cn(-c3cccc([C@H](c4nncn4C)C4CCC4)c3)c(=O)n2c1)N1CCC[C@@H](C)C1. The van der Waals surface area contributed by atoms with E-state index in [1.807, 2.05) is 36.7 Å². The number of fused-ring (bicyclic) bond motifs is 1. The molecule has 1 unspecified atom stereocenters. The predicted molar refractivity (Wildman–Crippen MR) is 147 cm³/mol. The number of nitrogens with zero attached hydrogens (tertiary/aromatic N) is 6. The first-order valence-corrected chi connectivity index (χ1v) is 14.1. The third-order valence-electron chi connectivity index (χ3n) is 8.97. The lowest BCUT2D eigenvalue weighted by atomic mass is 9.72. The summed E-state index contributed by atoms with van der Waals surface area (Å²) in [6.45, 7) is 5.76. The molecule has 0 N–H and O–H groups in total. The second kappa shape index (κ2) is 10.2. The van der Waals surface area contributed by atoms with Gasteiger partial charge in [-0.15, -0.1) is 10.2 Å². The largest absolute Gasteiger partial charge is 0.418 e. The Bertz CT molecular complexity index is 1580. The average Bonchev–Trinajstić information content (AvgIpc) is 3.47. The van der Waals surface area contributed by atoms with Crippen molar-refractivity contribution in [1.82, 2.24) is 28.6 Å². The molecule has 2 aliphatic rings. The number of piperidine rings is 1. The molecule has 0 spiro atoms. The molecule has 1 saturated heterocycles. The fourth-order valence-electron chi connectivity index (χ4n) is 6.49. The van der Waals surface area contributed by atoms with Gasteiger partial charge in [-0.1, -0.05) is 25.5 Å². The normalized spacial score (nSPS) is 20.5. The minimum absolute atomic E-state index is 0.000874. The van der Waals surface area contributed by atoms with Crippen LogP contribution in [0, 0.1) is 11.8 Å². The molecule has 2 fully saturated rings. The van der Waals surface area contributed by atoms with Crippen molar-refractivity contribution in [2.75, 3.05) is 13.1 Å². The van der Waals surface area contributed by atoms with E-state index in [-0.39, 0.29) is 17.5 Å². The van der Waals surface area contributed by atoms with Crippen molar-refractivity contribution in [3.05, 3.63) is 82.1 Å². The highest BCUT2D eigenvalue weighted by molar-refractivity contribution is 5.58. The van der Waals surface area contributed by atoms with E-state index < -0.39 is 17.4 Å². The standard InChI is InChI=1S/C30H35F3N6O/c1-19-7-6-12-37(15-19)20(2)23-14-25(30(31,32)33)26-17-38(29(40)39(26)16-23)24-11-5-10-22(13-24)27(21-8-4-9-21)28-35-34-18-36(28)3/h5,10-11,13-14,16-21,27H,4,6-9,12,15H2,1-3H3/t19-,20?,27-/m1/s1. The second-order valence-corrected chi connectivity index (χ2v) is 11.7. The molecule has 6 rings (SSSR count). The number of hydrogen-bond acceptors (Lipinski definition) is 4. The van der Waals surface area contributed by atoms with Gasteiger partial charge in [-0.3, -0.25) is 13.9 Å². The number of aromatic nitrogens is 5. The first-order chi connectivity index (χ1) is 19.1. The first kappa shape index (κ1) is 26.8. The summed E-state index contributed by atoms with van der Waals surface area (Å²) < 4.78 is 47.5. The highest BCUT2D eigenvalue weighted by atomic mass is 19.4. The molecule has 212 valence electrons. The highest BCUT2D eigenvalue weighted by Gasteiger charge is 2.36. The van der Waals surface area contributed by atoms with Crippen LogP contribution in [0.2, 0.25) is 0 Å². The van der Waals surface area contributed by atoms with Gasteiger partial charge in [-0.05, 0) is 80.3 Å². The smallest absolute Gasteiger partial charge is 0.320 e. The number of imidazole rings is 1. The van der Waals surface area contributed by atoms with Gasteiger partial charge < -0.3 is 4.57 Å². The van der Waals surface area contributed by atoms with Gasteiger partial charge in [0.25, 0.3) is 0 Å². The first-order valence-electron chi connectivity index (χ1n) is 14.1. The van der Waals surface area contributed by atoms with Crippen LogP contribution in [-0.4, -0.2) is 41.7 Å². The summed E-state index contributed by atoms with van der Waals surface area (Å²) in [5, 5.41) is 8.44. The molecule has 4 heterocycles. The van der Waals surface area contributed by atoms with Gasteiger partial charge in [0.15, 0.2) is 0 Å². The van der Waals surface area contributed by atoms with Crippen LogP contribution in [0.15, 0.2) is 53.8 Å². The Morgan fingerprint density at radius 1 is 1.05 bits per heavy atom. The number of benzene rings is 1. The number of pyridine rings is 1. The maximum atomic E-state index is 14.4. The van der Waals surface area contributed by atoms with Crippen molar-refractivity contribution in [3.8, 4) is 5.69 Å². The summed E-state index contributed by atoms with van der Waals surface area (Å²) in [4.78, 5) is 15.9. The molecule has 1 aliphatic heterocycles. The Kier molecular flexibility index (Phi) is 6.84. The highest BCUT2D eigenvalue weighted by Crippen LogP contribution is 2.43. The summed E-state index contributed by atoms with van der Waals surface area (Å²) in [6.07, 6.45) is 5.43. The van der Waals surface area contributed by atoms with Crippen molar-refractivity contribution in [2.45, 2.75) is 64.1 Å². The van der Waals surface area contributed by atoms with E-state index in [0.717, 1.165) is 56.6 Å². The Balaban J connectivity index is 1.45.